The summed E-state index contributed by atoms with van der Waals surface area (Å²) in [5.74, 6) is 1.80. The molecule has 0 spiro atoms. The number of benzene rings is 1. The predicted molar refractivity (Wildman–Crippen MR) is 70.4 cm³/mol. The van der Waals surface area contributed by atoms with E-state index in [2.05, 4.69) is 15.5 Å². The summed E-state index contributed by atoms with van der Waals surface area (Å²) >= 11 is 0. The van der Waals surface area contributed by atoms with E-state index in [9.17, 15) is 0 Å². The first kappa shape index (κ1) is 12.3. The molecule has 1 fully saturated rings. The standard InChI is InChI=1S/C14H17N3O2/c1-2-4-12(5-3-1)14-17-16-13(19-14)9-15-8-11-6-7-18-10-11/h1-5,11,15H,6-10H2. The van der Waals surface area contributed by atoms with E-state index < -0.39 is 0 Å². The fourth-order valence-electron chi connectivity index (χ4n) is 2.15. The van der Waals surface area contributed by atoms with Crippen molar-refractivity contribution >= 4 is 0 Å². The minimum Gasteiger partial charge on any atom is -0.419 e. The van der Waals surface area contributed by atoms with Crippen LogP contribution in [0.15, 0.2) is 34.7 Å². The van der Waals surface area contributed by atoms with E-state index >= 15 is 0 Å². The summed E-state index contributed by atoms with van der Waals surface area (Å²) in [5.41, 5.74) is 0.949. The van der Waals surface area contributed by atoms with Gasteiger partial charge in [-0.15, -0.1) is 10.2 Å². The SMILES string of the molecule is c1ccc(-c2nnc(CNCC3CCOC3)o2)cc1. The highest BCUT2D eigenvalue weighted by atomic mass is 16.5. The van der Waals surface area contributed by atoms with Crippen LogP contribution in [0.25, 0.3) is 11.5 Å². The zero-order valence-electron chi connectivity index (χ0n) is 10.7. The molecule has 1 aromatic heterocycles. The Morgan fingerprint density at radius 3 is 2.89 bits per heavy atom. The van der Waals surface area contributed by atoms with Gasteiger partial charge in [-0.25, -0.2) is 0 Å². The van der Waals surface area contributed by atoms with Crippen molar-refractivity contribution in [3.05, 3.63) is 36.2 Å². The van der Waals surface area contributed by atoms with Gasteiger partial charge in [0.25, 0.3) is 0 Å². The number of hydrogen-bond acceptors (Lipinski definition) is 5. The van der Waals surface area contributed by atoms with Gasteiger partial charge in [-0.1, -0.05) is 18.2 Å². The zero-order valence-corrected chi connectivity index (χ0v) is 10.7. The normalized spacial score (nSPS) is 18.8. The van der Waals surface area contributed by atoms with Crippen molar-refractivity contribution in [3.8, 4) is 11.5 Å². The number of nitrogens with one attached hydrogen (secondary N) is 1. The fourth-order valence-corrected chi connectivity index (χ4v) is 2.15. The largest absolute Gasteiger partial charge is 0.419 e. The monoisotopic (exact) mass is 259 g/mol. The van der Waals surface area contributed by atoms with Gasteiger partial charge in [-0.2, -0.15) is 0 Å². The van der Waals surface area contributed by atoms with Crippen LogP contribution in [0.1, 0.15) is 12.3 Å². The van der Waals surface area contributed by atoms with E-state index in [1.165, 1.54) is 0 Å². The zero-order chi connectivity index (χ0) is 12.9. The Kier molecular flexibility index (Phi) is 3.86. The molecule has 1 aromatic carbocycles. The maximum Gasteiger partial charge on any atom is 0.247 e. The van der Waals surface area contributed by atoms with Crippen molar-refractivity contribution in [3.63, 3.8) is 0 Å². The lowest BCUT2D eigenvalue weighted by Gasteiger charge is -2.06. The van der Waals surface area contributed by atoms with Crippen molar-refractivity contribution in [1.29, 1.82) is 0 Å². The molecule has 1 aliphatic rings. The molecule has 1 aliphatic heterocycles. The van der Waals surface area contributed by atoms with Gasteiger partial charge in [0.15, 0.2) is 0 Å². The molecular weight excluding hydrogens is 242 g/mol. The van der Waals surface area contributed by atoms with Gasteiger partial charge < -0.3 is 14.5 Å². The van der Waals surface area contributed by atoms with Crippen LogP contribution in [0.2, 0.25) is 0 Å². The van der Waals surface area contributed by atoms with Crippen molar-refractivity contribution in [2.75, 3.05) is 19.8 Å². The van der Waals surface area contributed by atoms with Crippen molar-refractivity contribution < 1.29 is 9.15 Å². The molecule has 2 aromatic rings. The molecule has 5 heteroatoms. The van der Waals surface area contributed by atoms with Crippen LogP contribution in [0.5, 0.6) is 0 Å². The Bertz CT molecular complexity index is 506. The Balaban J connectivity index is 1.53. The molecule has 0 saturated carbocycles. The highest BCUT2D eigenvalue weighted by molar-refractivity contribution is 5.51. The summed E-state index contributed by atoms with van der Waals surface area (Å²) in [6.45, 7) is 3.27. The third kappa shape index (κ3) is 3.19. The van der Waals surface area contributed by atoms with Crippen LogP contribution in [0.3, 0.4) is 0 Å². The molecule has 1 saturated heterocycles. The number of hydrogen-bond donors (Lipinski definition) is 1. The minimum absolute atomic E-state index is 0.571. The minimum atomic E-state index is 0.571. The van der Waals surface area contributed by atoms with Crippen molar-refractivity contribution in [2.24, 2.45) is 5.92 Å². The molecule has 2 heterocycles. The molecule has 1 N–H and O–H groups in total. The molecule has 5 nitrogen and oxygen atoms in total. The second kappa shape index (κ2) is 5.95. The average molecular weight is 259 g/mol. The van der Waals surface area contributed by atoms with Gasteiger partial charge in [-0.3, -0.25) is 0 Å². The lowest BCUT2D eigenvalue weighted by Crippen LogP contribution is -2.22. The number of rotatable bonds is 5. The van der Waals surface area contributed by atoms with E-state index in [1.807, 2.05) is 30.3 Å². The highest BCUT2D eigenvalue weighted by Crippen LogP contribution is 2.17. The van der Waals surface area contributed by atoms with Crippen LogP contribution < -0.4 is 5.32 Å². The fraction of sp³-hybridized carbons (Fsp3) is 0.429. The highest BCUT2D eigenvalue weighted by Gasteiger charge is 2.15. The first-order valence-electron chi connectivity index (χ1n) is 6.58. The average Bonchev–Trinajstić information content (AvgIpc) is 3.11. The van der Waals surface area contributed by atoms with Gasteiger partial charge >= 0.3 is 0 Å². The van der Waals surface area contributed by atoms with Gasteiger partial charge in [0, 0.05) is 18.7 Å². The molecule has 0 amide bonds. The Morgan fingerprint density at radius 1 is 1.21 bits per heavy atom. The van der Waals surface area contributed by atoms with Crippen LogP contribution >= 0.6 is 0 Å². The maximum atomic E-state index is 5.62. The van der Waals surface area contributed by atoms with E-state index in [4.69, 9.17) is 9.15 Å². The van der Waals surface area contributed by atoms with Crippen LogP contribution in [-0.2, 0) is 11.3 Å². The number of ether oxygens (including phenoxy) is 1. The molecule has 3 rings (SSSR count). The van der Waals surface area contributed by atoms with Crippen molar-refractivity contribution in [2.45, 2.75) is 13.0 Å². The summed E-state index contributed by atoms with van der Waals surface area (Å²) in [6.07, 6.45) is 1.13. The molecule has 0 bridgehead atoms. The lowest BCUT2D eigenvalue weighted by atomic mass is 10.1. The summed E-state index contributed by atoms with van der Waals surface area (Å²) < 4.78 is 10.9. The Labute approximate surface area is 112 Å². The Morgan fingerprint density at radius 2 is 2.11 bits per heavy atom. The topological polar surface area (TPSA) is 60.2 Å². The van der Waals surface area contributed by atoms with Crippen LogP contribution in [0, 0.1) is 5.92 Å². The predicted octanol–water partition coefficient (Wildman–Crippen LogP) is 1.86. The summed E-state index contributed by atoms with van der Waals surface area (Å²) in [4.78, 5) is 0. The van der Waals surface area contributed by atoms with E-state index in [1.54, 1.807) is 0 Å². The van der Waals surface area contributed by atoms with Gasteiger partial charge in [0.05, 0.1) is 13.2 Å². The third-order valence-corrected chi connectivity index (χ3v) is 3.22. The summed E-state index contributed by atoms with van der Waals surface area (Å²) in [6, 6.07) is 9.79. The smallest absolute Gasteiger partial charge is 0.247 e. The van der Waals surface area contributed by atoms with Gasteiger partial charge in [0.1, 0.15) is 0 Å². The van der Waals surface area contributed by atoms with Crippen LogP contribution in [0.4, 0.5) is 0 Å². The van der Waals surface area contributed by atoms with E-state index in [0.717, 1.165) is 31.7 Å². The van der Waals surface area contributed by atoms with Gasteiger partial charge in [0.2, 0.25) is 11.8 Å². The second-order valence-corrected chi connectivity index (χ2v) is 4.73. The molecule has 1 atom stereocenters. The van der Waals surface area contributed by atoms with Gasteiger partial charge in [-0.05, 0) is 24.5 Å². The molecular formula is C14H17N3O2. The van der Waals surface area contributed by atoms with Crippen LogP contribution in [-0.4, -0.2) is 30.0 Å². The van der Waals surface area contributed by atoms with Crippen molar-refractivity contribution in [1.82, 2.24) is 15.5 Å². The third-order valence-electron chi connectivity index (χ3n) is 3.22. The number of aromatic nitrogens is 2. The van der Waals surface area contributed by atoms with E-state index in [0.29, 0.717) is 24.2 Å². The molecule has 0 radical (unpaired) electrons. The lowest BCUT2D eigenvalue weighted by molar-refractivity contribution is 0.185. The number of nitrogens with zero attached hydrogens (tertiary/aromatic N) is 2. The first-order valence-corrected chi connectivity index (χ1v) is 6.58. The molecule has 100 valence electrons. The Hall–Kier alpha value is -1.72. The summed E-state index contributed by atoms with van der Waals surface area (Å²) in [5, 5.41) is 11.4. The maximum absolute atomic E-state index is 5.62. The molecule has 19 heavy (non-hydrogen) atoms. The second-order valence-electron chi connectivity index (χ2n) is 4.73. The molecule has 1 unspecified atom stereocenters. The molecule has 0 aliphatic carbocycles. The summed E-state index contributed by atoms with van der Waals surface area (Å²) in [7, 11) is 0. The van der Waals surface area contributed by atoms with E-state index in [-0.39, 0.29) is 0 Å². The first-order chi connectivity index (χ1) is 9.42. The quantitative estimate of drug-likeness (QED) is 0.888.